The number of hydrogen-bond acceptors (Lipinski definition) is 2. The Morgan fingerprint density at radius 2 is 2.05 bits per heavy atom. The molecule has 1 aliphatic heterocycles. The van der Waals surface area contributed by atoms with E-state index < -0.39 is 10.2 Å². The van der Waals surface area contributed by atoms with Gasteiger partial charge in [-0.3, -0.25) is 0 Å². The average Bonchev–Trinajstić information content (AvgIpc) is 2.41. The van der Waals surface area contributed by atoms with Crippen LogP contribution in [0, 0.1) is 19.8 Å². The third-order valence-corrected chi connectivity index (χ3v) is 6.13. The minimum atomic E-state index is -3.35. The molecule has 21 heavy (non-hydrogen) atoms. The number of nitrogens with zero attached hydrogens (tertiary/aromatic N) is 2. The lowest BCUT2D eigenvalue weighted by Crippen LogP contribution is -2.46. The Labute approximate surface area is 128 Å². The lowest BCUT2D eigenvalue weighted by molar-refractivity contribution is 0.263. The molecule has 0 amide bonds. The fourth-order valence-electron chi connectivity index (χ4n) is 2.90. The molecule has 1 aromatic rings. The molecular formula is C16H26N2O2S. The van der Waals surface area contributed by atoms with E-state index in [1.807, 2.05) is 26.0 Å². The lowest BCUT2D eigenvalue weighted by atomic mass is 10.0. The molecule has 0 radical (unpaired) electrons. The zero-order valence-corrected chi connectivity index (χ0v) is 14.3. The highest BCUT2D eigenvalue weighted by Gasteiger charge is 2.30. The van der Waals surface area contributed by atoms with E-state index in [1.54, 1.807) is 11.4 Å². The largest absolute Gasteiger partial charge is 0.282 e. The summed E-state index contributed by atoms with van der Waals surface area (Å²) in [5.41, 5.74) is 3.41. The number of hydrogen-bond donors (Lipinski definition) is 0. The Morgan fingerprint density at radius 1 is 1.33 bits per heavy atom. The van der Waals surface area contributed by atoms with Crippen LogP contribution in [0.5, 0.6) is 0 Å². The van der Waals surface area contributed by atoms with E-state index in [9.17, 15) is 8.42 Å². The Bertz CT molecular complexity index is 598. The summed E-state index contributed by atoms with van der Waals surface area (Å²) in [5.74, 6) is 0.447. The zero-order valence-electron chi connectivity index (χ0n) is 13.5. The summed E-state index contributed by atoms with van der Waals surface area (Å²) in [6, 6.07) is 6.15. The Morgan fingerprint density at radius 3 is 2.67 bits per heavy atom. The van der Waals surface area contributed by atoms with Crippen LogP contribution in [-0.2, 0) is 16.8 Å². The SMILES string of the molecule is Cc1ccc(CN(C)S(=O)(=O)N2CCCC(C)C2)c(C)c1. The van der Waals surface area contributed by atoms with Gasteiger partial charge in [0.15, 0.2) is 0 Å². The maximum Gasteiger partial charge on any atom is 0.282 e. The number of benzene rings is 1. The van der Waals surface area contributed by atoms with E-state index in [0.29, 0.717) is 25.6 Å². The van der Waals surface area contributed by atoms with Crippen LogP contribution in [-0.4, -0.2) is 37.2 Å². The highest BCUT2D eigenvalue weighted by atomic mass is 32.2. The van der Waals surface area contributed by atoms with Gasteiger partial charge in [-0.25, -0.2) is 0 Å². The van der Waals surface area contributed by atoms with Crippen molar-refractivity contribution in [3.8, 4) is 0 Å². The topological polar surface area (TPSA) is 40.6 Å². The molecule has 0 saturated carbocycles. The molecule has 0 N–H and O–H groups in total. The lowest BCUT2D eigenvalue weighted by Gasteiger charge is -2.33. The second-order valence-corrected chi connectivity index (χ2v) is 8.33. The van der Waals surface area contributed by atoms with Crippen LogP contribution in [0.3, 0.4) is 0 Å². The summed E-state index contributed by atoms with van der Waals surface area (Å²) in [7, 11) is -1.68. The summed E-state index contributed by atoms with van der Waals surface area (Å²) in [4.78, 5) is 0. The Balaban J connectivity index is 2.12. The van der Waals surface area contributed by atoms with Crippen LogP contribution < -0.4 is 0 Å². The van der Waals surface area contributed by atoms with Gasteiger partial charge in [-0.15, -0.1) is 0 Å². The fourth-order valence-corrected chi connectivity index (χ4v) is 4.40. The van der Waals surface area contributed by atoms with Crippen molar-refractivity contribution >= 4 is 10.2 Å². The van der Waals surface area contributed by atoms with Crippen LogP contribution in [0.15, 0.2) is 18.2 Å². The number of piperidine rings is 1. The summed E-state index contributed by atoms with van der Waals surface area (Å²) >= 11 is 0. The van der Waals surface area contributed by atoms with Crippen molar-refractivity contribution < 1.29 is 8.42 Å². The van der Waals surface area contributed by atoms with Crippen LogP contribution in [0.25, 0.3) is 0 Å². The van der Waals surface area contributed by atoms with E-state index in [0.717, 1.165) is 24.0 Å². The molecule has 1 fully saturated rings. The van der Waals surface area contributed by atoms with Gasteiger partial charge >= 0.3 is 0 Å². The van der Waals surface area contributed by atoms with Crippen molar-refractivity contribution in [3.63, 3.8) is 0 Å². The highest BCUT2D eigenvalue weighted by Crippen LogP contribution is 2.21. The van der Waals surface area contributed by atoms with Crippen molar-refractivity contribution in [2.24, 2.45) is 5.92 Å². The molecule has 1 aromatic carbocycles. The molecule has 4 nitrogen and oxygen atoms in total. The first-order chi connectivity index (χ1) is 9.80. The van der Waals surface area contributed by atoms with Gasteiger partial charge in [0.2, 0.25) is 0 Å². The van der Waals surface area contributed by atoms with E-state index in [2.05, 4.69) is 13.0 Å². The van der Waals surface area contributed by atoms with Gasteiger partial charge in [-0.1, -0.05) is 30.7 Å². The molecular weight excluding hydrogens is 284 g/mol. The van der Waals surface area contributed by atoms with Crippen molar-refractivity contribution in [2.75, 3.05) is 20.1 Å². The van der Waals surface area contributed by atoms with Gasteiger partial charge in [-0.05, 0) is 43.7 Å². The van der Waals surface area contributed by atoms with Gasteiger partial charge in [0.25, 0.3) is 10.2 Å². The van der Waals surface area contributed by atoms with E-state index in [4.69, 9.17) is 0 Å². The van der Waals surface area contributed by atoms with E-state index in [1.165, 1.54) is 9.87 Å². The third kappa shape index (κ3) is 3.84. The Kier molecular flexibility index (Phi) is 5.07. The molecule has 118 valence electrons. The van der Waals surface area contributed by atoms with Crippen LogP contribution >= 0.6 is 0 Å². The van der Waals surface area contributed by atoms with Gasteiger partial charge in [0.05, 0.1) is 0 Å². The zero-order chi connectivity index (χ0) is 15.6. The van der Waals surface area contributed by atoms with Crippen molar-refractivity contribution in [1.82, 2.24) is 8.61 Å². The first-order valence-electron chi connectivity index (χ1n) is 7.58. The average molecular weight is 310 g/mol. The summed E-state index contributed by atoms with van der Waals surface area (Å²) in [6.45, 7) is 7.91. The van der Waals surface area contributed by atoms with E-state index in [-0.39, 0.29) is 0 Å². The summed E-state index contributed by atoms with van der Waals surface area (Å²) in [5, 5.41) is 0. The second-order valence-electron chi connectivity index (χ2n) is 6.30. The molecule has 1 heterocycles. The first-order valence-corrected chi connectivity index (χ1v) is 8.98. The fraction of sp³-hybridized carbons (Fsp3) is 0.625. The van der Waals surface area contributed by atoms with Gasteiger partial charge < -0.3 is 0 Å². The van der Waals surface area contributed by atoms with Crippen LogP contribution in [0.2, 0.25) is 0 Å². The molecule has 0 aliphatic carbocycles. The summed E-state index contributed by atoms with van der Waals surface area (Å²) < 4.78 is 28.4. The minimum absolute atomic E-state index is 0.430. The van der Waals surface area contributed by atoms with E-state index >= 15 is 0 Å². The van der Waals surface area contributed by atoms with Crippen molar-refractivity contribution in [1.29, 1.82) is 0 Å². The van der Waals surface area contributed by atoms with Gasteiger partial charge in [-0.2, -0.15) is 17.0 Å². The van der Waals surface area contributed by atoms with Crippen molar-refractivity contribution in [3.05, 3.63) is 34.9 Å². The monoisotopic (exact) mass is 310 g/mol. The first kappa shape index (κ1) is 16.5. The smallest absolute Gasteiger partial charge is 0.195 e. The third-order valence-electron chi connectivity index (χ3n) is 4.23. The number of rotatable bonds is 4. The van der Waals surface area contributed by atoms with Gasteiger partial charge in [0.1, 0.15) is 0 Å². The molecule has 0 aromatic heterocycles. The molecule has 0 spiro atoms. The van der Waals surface area contributed by atoms with Gasteiger partial charge in [0, 0.05) is 26.7 Å². The minimum Gasteiger partial charge on any atom is -0.195 e. The Hall–Kier alpha value is -0.910. The quantitative estimate of drug-likeness (QED) is 0.858. The maximum absolute atomic E-state index is 12.7. The molecule has 1 atom stereocenters. The predicted octanol–water partition coefficient (Wildman–Crippen LogP) is 2.71. The molecule has 0 bridgehead atoms. The second kappa shape index (κ2) is 6.46. The molecule has 1 saturated heterocycles. The van der Waals surface area contributed by atoms with Crippen LogP contribution in [0.4, 0.5) is 0 Å². The van der Waals surface area contributed by atoms with Crippen molar-refractivity contribution in [2.45, 2.75) is 40.2 Å². The molecule has 1 unspecified atom stereocenters. The predicted molar refractivity (Wildman–Crippen MR) is 86.3 cm³/mol. The highest BCUT2D eigenvalue weighted by molar-refractivity contribution is 7.86. The maximum atomic E-state index is 12.7. The summed E-state index contributed by atoms with van der Waals surface area (Å²) in [6.07, 6.45) is 2.07. The number of aryl methyl sites for hydroxylation is 2. The molecule has 2 rings (SSSR count). The molecule has 1 aliphatic rings. The standard InChI is InChI=1S/C16H26N2O2S/c1-13-7-8-16(15(3)10-13)12-17(4)21(19,20)18-9-5-6-14(2)11-18/h7-8,10,14H,5-6,9,11-12H2,1-4H3. The van der Waals surface area contributed by atoms with Crippen LogP contribution in [0.1, 0.15) is 36.5 Å². The normalized spacial score (nSPS) is 20.9. The molecule has 5 heteroatoms.